The lowest BCUT2D eigenvalue weighted by Gasteiger charge is -2.26. The summed E-state index contributed by atoms with van der Waals surface area (Å²) in [5, 5.41) is 0. The molecule has 5 nitrogen and oxygen atoms in total. The molecule has 0 N–H and O–H groups in total. The lowest BCUT2D eigenvalue weighted by atomic mass is 10.1. The minimum atomic E-state index is -0.187. The van der Waals surface area contributed by atoms with Crippen molar-refractivity contribution in [3.05, 3.63) is 42.1 Å². The van der Waals surface area contributed by atoms with Crippen LogP contribution in [-0.4, -0.2) is 25.8 Å². The third-order valence-electron chi connectivity index (χ3n) is 3.15. The van der Waals surface area contributed by atoms with E-state index in [2.05, 4.69) is 4.98 Å². The molecule has 0 saturated carbocycles. The van der Waals surface area contributed by atoms with E-state index >= 15 is 0 Å². The van der Waals surface area contributed by atoms with Crippen LogP contribution in [0.2, 0.25) is 0 Å². The molecule has 2 heterocycles. The number of rotatable bonds is 3. The topological polar surface area (TPSA) is 49.8 Å². The van der Waals surface area contributed by atoms with Crippen LogP contribution >= 0.6 is 0 Å². The summed E-state index contributed by atoms with van der Waals surface area (Å²) >= 11 is 0. The summed E-state index contributed by atoms with van der Waals surface area (Å²) in [4.78, 5) is 4.18. The van der Waals surface area contributed by atoms with Crippen LogP contribution in [0.4, 0.5) is 0 Å². The van der Waals surface area contributed by atoms with E-state index in [0.29, 0.717) is 18.2 Å². The Kier molecular flexibility index (Phi) is 3.33. The highest BCUT2D eigenvalue weighted by molar-refractivity contribution is 5.47. The van der Waals surface area contributed by atoms with Crippen molar-refractivity contribution < 1.29 is 18.9 Å². The highest BCUT2D eigenvalue weighted by atomic mass is 16.6. The van der Waals surface area contributed by atoms with Crippen LogP contribution in [0.3, 0.4) is 0 Å². The molecule has 1 aliphatic heterocycles. The van der Waals surface area contributed by atoms with E-state index in [1.54, 1.807) is 26.5 Å². The van der Waals surface area contributed by atoms with Gasteiger partial charge in [-0.15, -0.1) is 0 Å². The Bertz CT molecular complexity index is 597. The molecule has 3 rings (SSSR count). The van der Waals surface area contributed by atoms with Gasteiger partial charge in [0.25, 0.3) is 0 Å². The quantitative estimate of drug-likeness (QED) is 0.860. The SMILES string of the molecule is COc1ccc2c(c1)OC(c1ccc(OC)nc1)CO2. The lowest BCUT2D eigenvalue weighted by molar-refractivity contribution is 0.0905. The first kappa shape index (κ1) is 12.6. The maximum Gasteiger partial charge on any atom is 0.212 e. The summed E-state index contributed by atoms with van der Waals surface area (Å²) < 4.78 is 21.9. The van der Waals surface area contributed by atoms with Gasteiger partial charge in [-0.1, -0.05) is 0 Å². The fraction of sp³-hybridized carbons (Fsp3) is 0.267. The number of benzene rings is 1. The molecule has 0 aliphatic carbocycles. The lowest BCUT2D eigenvalue weighted by Crippen LogP contribution is -2.21. The van der Waals surface area contributed by atoms with Crippen molar-refractivity contribution in [2.45, 2.75) is 6.10 Å². The number of pyridine rings is 1. The van der Waals surface area contributed by atoms with Gasteiger partial charge >= 0.3 is 0 Å². The highest BCUT2D eigenvalue weighted by Crippen LogP contribution is 2.38. The highest BCUT2D eigenvalue weighted by Gasteiger charge is 2.23. The van der Waals surface area contributed by atoms with E-state index in [0.717, 1.165) is 17.1 Å². The van der Waals surface area contributed by atoms with Gasteiger partial charge in [0.05, 0.1) is 14.2 Å². The van der Waals surface area contributed by atoms with E-state index in [9.17, 15) is 0 Å². The number of hydrogen-bond donors (Lipinski definition) is 0. The molecule has 1 aliphatic rings. The van der Waals surface area contributed by atoms with Gasteiger partial charge in [0, 0.05) is 23.9 Å². The van der Waals surface area contributed by atoms with E-state index in [1.807, 2.05) is 24.3 Å². The first-order valence-electron chi connectivity index (χ1n) is 6.27. The van der Waals surface area contributed by atoms with Gasteiger partial charge in [0.15, 0.2) is 17.6 Å². The number of hydrogen-bond acceptors (Lipinski definition) is 5. The van der Waals surface area contributed by atoms with Crippen LogP contribution < -0.4 is 18.9 Å². The second-order valence-electron chi connectivity index (χ2n) is 4.36. The Balaban J connectivity index is 1.83. The first-order valence-corrected chi connectivity index (χ1v) is 6.27. The van der Waals surface area contributed by atoms with Crippen LogP contribution in [0.25, 0.3) is 0 Å². The van der Waals surface area contributed by atoms with Crippen molar-refractivity contribution in [2.24, 2.45) is 0 Å². The zero-order valence-corrected chi connectivity index (χ0v) is 11.3. The second-order valence-corrected chi connectivity index (χ2v) is 4.36. The molecule has 0 saturated heterocycles. The monoisotopic (exact) mass is 273 g/mol. The number of fused-ring (bicyclic) bond motifs is 1. The fourth-order valence-electron chi connectivity index (χ4n) is 2.05. The van der Waals surface area contributed by atoms with Crippen molar-refractivity contribution >= 4 is 0 Å². The summed E-state index contributed by atoms with van der Waals surface area (Å²) in [6.45, 7) is 0.452. The smallest absolute Gasteiger partial charge is 0.212 e. The standard InChI is InChI=1S/C15H15NO4/c1-17-11-4-5-12-13(7-11)20-14(9-19-12)10-3-6-15(18-2)16-8-10/h3-8,14H,9H2,1-2H3. The third-order valence-corrected chi connectivity index (χ3v) is 3.15. The minimum Gasteiger partial charge on any atom is -0.497 e. The second kappa shape index (κ2) is 5.28. The number of ether oxygens (including phenoxy) is 4. The molecular formula is C15H15NO4. The molecule has 20 heavy (non-hydrogen) atoms. The predicted molar refractivity (Wildman–Crippen MR) is 72.6 cm³/mol. The van der Waals surface area contributed by atoms with Crippen molar-refractivity contribution in [1.82, 2.24) is 4.98 Å². The van der Waals surface area contributed by atoms with Crippen LogP contribution in [-0.2, 0) is 0 Å². The molecule has 1 aromatic heterocycles. The minimum absolute atomic E-state index is 0.187. The van der Waals surface area contributed by atoms with Crippen LogP contribution in [0, 0.1) is 0 Å². The maximum atomic E-state index is 5.95. The molecule has 2 aromatic rings. The Morgan fingerprint density at radius 1 is 1.10 bits per heavy atom. The van der Waals surface area contributed by atoms with Crippen molar-refractivity contribution in [3.8, 4) is 23.1 Å². The molecule has 0 bridgehead atoms. The van der Waals surface area contributed by atoms with E-state index in [4.69, 9.17) is 18.9 Å². The normalized spacial score (nSPS) is 16.6. The average Bonchev–Trinajstić information content (AvgIpc) is 2.54. The summed E-state index contributed by atoms with van der Waals surface area (Å²) in [5.74, 6) is 2.72. The number of aromatic nitrogens is 1. The number of methoxy groups -OCH3 is 2. The molecular weight excluding hydrogens is 258 g/mol. The Hall–Kier alpha value is -2.43. The van der Waals surface area contributed by atoms with Gasteiger partial charge < -0.3 is 18.9 Å². The Labute approximate surface area is 117 Å². The zero-order valence-electron chi connectivity index (χ0n) is 11.3. The van der Waals surface area contributed by atoms with Gasteiger partial charge in [-0.25, -0.2) is 4.98 Å². The van der Waals surface area contributed by atoms with Gasteiger partial charge in [-0.3, -0.25) is 0 Å². The predicted octanol–water partition coefficient (Wildman–Crippen LogP) is 2.61. The largest absolute Gasteiger partial charge is 0.497 e. The van der Waals surface area contributed by atoms with Crippen molar-refractivity contribution in [1.29, 1.82) is 0 Å². The summed E-state index contributed by atoms with van der Waals surface area (Å²) in [5.41, 5.74) is 0.944. The third kappa shape index (κ3) is 2.34. The first-order chi connectivity index (χ1) is 9.80. The molecule has 0 amide bonds. The van der Waals surface area contributed by atoms with E-state index in [-0.39, 0.29) is 6.10 Å². The summed E-state index contributed by atoms with van der Waals surface area (Å²) in [7, 11) is 3.21. The van der Waals surface area contributed by atoms with Crippen molar-refractivity contribution in [3.63, 3.8) is 0 Å². The molecule has 0 spiro atoms. The maximum absolute atomic E-state index is 5.95. The molecule has 1 aromatic carbocycles. The number of nitrogens with zero attached hydrogens (tertiary/aromatic N) is 1. The van der Waals surface area contributed by atoms with Crippen LogP contribution in [0.5, 0.6) is 23.1 Å². The van der Waals surface area contributed by atoms with E-state index < -0.39 is 0 Å². The summed E-state index contributed by atoms with van der Waals surface area (Å²) in [6, 6.07) is 9.23. The molecule has 0 radical (unpaired) electrons. The average molecular weight is 273 g/mol. The molecule has 0 fully saturated rings. The van der Waals surface area contributed by atoms with Crippen LogP contribution in [0.1, 0.15) is 11.7 Å². The van der Waals surface area contributed by atoms with Gasteiger partial charge in [-0.2, -0.15) is 0 Å². The zero-order chi connectivity index (χ0) is 13.9. The fourth-order valence-corrected chi connectivity index (χ4v) is 2.05. The Morgan fingerprint density at radius 3 is 2.70 bits per heavy atom. The van der Waals surface area contributed by atoms with Crippen molar-refractivity contribution in [2.75, 3.05) is 20.8 Å². The molecule has 104 valence electrons. The molecule has 5 heteroatoms. The van der Waals surface area contributed by atoms with Crippen LogP contribution in [0.15, 0.2) is 36.5 Å². The molecule has 1 atom stereocenters. The van der Waals surface area contributed by atoms with E-state index in [1.165, 1.54) is 0 Å². The van der Waals surface area contributed by atoms with Gasteiger partial charge in [0.2, 0.25) is 5.88 Å². The summed E-state index contributed by atoms with van der Waals surface area (Å²) in [6.07, 6.45) is 1.55. The molecule has 1 unspecified atom stereocenters. The van der Waals surface area contributed by atoms with Gasteiger partial charge in [0.1, 0.15) is 12.4 Å². The Morgan fingerprint density at radius 2 is 2.00 bits per heavy atom. The van der Waals surface area contributed by atoms with Gasteiger partial charge in [-0.05, 0) is 18.2 Å².